The Bertz CT molecular complexity index is 737. The molecule has 140 valence electrons. The largest absolute Gasteiger partial charge is 0.497 e. The van der Waals surface area contributed by atoms with Crippen molar-refractivity contribution in [3.8, 4) is 11.6 Å². The number of aromatic nitrogens is 1. The van der Waals surface area contributed by atoms with E-state index in [9.17, 15) is 0 Å². The molecule has 7 heteroatoms. The van der Waals surface area contributed by atoms with Gasteiger partial charge in [-0.2, -0.15) is 0 Å². The Labute approximate surface area is 159 Å². The van der Waals surface area contributed by atoms with E-state index in [0.29, 0.717) is 30.6 Å². The van der Waals surface area contributed by atoms with Gasteiger partial charge in [-0.1, -0.05) is 17.7 Å². The number of nitrogens with one attached hydrogen (secondary N) is 2. The molecule has 1 heterocycles. The minimum absolute atomic E-state index is 0.598. The molecule has 0 aliphatic heterocycles. The number of halogens is 1. The van der Waals surface area contributed by atoms with Crippen LogP contribution in [0.4, 0.5) is 0 Å². The first-order valence-electron chi connectivity index (χ1n) is 8.51. The van der Waals surface area contributed by atoms with Crippen LogP contribution in [0.5, 0.6) is 11.6 Å². The molecule has 0 fully saturated rings. The molecule has 0 amide bonds. The number of aliphatic imine (C=N–C) groups is 1. The zero-order chi connectivity index (χ0) is 18.8. The van der Waals surface area contributed by atoms with Crippen molar-refractivity contribution in [2.75, 3.05) is 27.3 Å². The average Bonchev–Trinajstić information content (AvgIpc) is 2.66. The fraction of sp³-hybridized carbons (Fsp3) is 0.368. The number of methoxy groups -OCH3 is 1. The lowest BCUT2D eigenvalue weighted by Gasteiger charge is -2.13. The molecule has 0 aliphatic rings. The standard InChI is InChI=1S/C19H25ClN4O2/c1-4-26-18-11-14(7-9-22-18)13-24-19(21-2)23-10-8-15-5-6-16(25-3)12-17(15)20/h5-7,9,11-12H,4,8,10,13H2,1-3H3,(H2,21,23,24). The van der Waals surface area contributed by atoms with Crippen LogP contribution >= 0.6 is 11.6 Å². The van der Waals surface area contributed by atoms with E-state index in [1.54, 1.807) is 20.4 Å². The van der Waals surface area contributed by atoms with Gasteiger partial charge in [-0.3, -0.25) is 4.99 Å². The maximum atomic E-state index is 6.27. The third kappa shape index (κ3) is 6.11. The fourth-order valence-electron chi connectivity index (χ4n) is 2.37. The molecule has 0 saturated heterocycles. The molecule has 2 rings (SSSR count). The Morgan fingerprint density at radius 1 is 1.23 bits per heavy atom. The molecular formula is C19H25ClN4O2. The van der Waals surface area contributed by atoms with Gasteiger partial charge in [0, 0.05) is 37.4 Å². The van der Waals surface area contributed by atoms with E-state index >= 15 is 0 Å². The first kappa shape index (κ1) is 19.8. The maximum Gasteiger partial charge on any atom is 0.213 e. The molecule has 0 unspecified atom stereocenters. The minimum Gasteiger partial charge on any atom is -0.497 e. The number of rotatable bonds is 8. The van der Waals surface area contributed by atoms with Crippen molar-refractivity contribution in [1.29, 1.82) is 0 Å². The molecule has 0 bridgehead atoms. The first-order valence-corrected chi connectivity index (χ1v) is 8.88. The Balaban J connectivity index is 1.82. The highest BCUT2D eigenvalue weighted by Gasteiger charge is 2.04. The van der Waals surface area contributed by atoms with Crippen LogP contribution in [0, 0.1) is 0 Å². The topological polar surface area (TPSA) is 67.8 Å². The molecule has 0 radical (unpaired) electrons. The highest BCUT2D eigenvalue weighted by atomic mass is 35.5. The summed E-state index contributed by atoms with van der Waals surface area (Å²) in [6.45, 7) is 3.88. The van der Waals surface area contributed by atoms with Gasteiger partial charge < -0.3 is 20.1 Å². The minimum atomic E-state index is 0.598. The van der Waals surface area contributed by atoms with E-state index < -0.39 is 0 Å². The molecule has 1 aromatic heterocycles. The second kappa shape index (κ2) is 10.5. The first-order chi connectivity index (χ1) is 12.7. The number of nitrogens with zero attached hydrogens (tertiary/aromatic N) is 2. The van der Waals surface area contributed by atoms with E-state index in [-0.39, 0.29) is 0 Å². The molecule has 2 N–H and O–H groups in total. The van der Waals surface area contributed by atoms with E-state index in [2.05, 4.69) is 20.6 Å². The van der Waals surface area contributed by atoms with E-state index in [0.717, 1.165) is 29.3 Å². The van der Waals surface area contributed by atoms with E-state index in [1.807, 2.05) is 37.3 Å². The second-order valence-electron chi connectivity index (χ2n) is 5.50. The molecule has 1 aromatic carbocycles. The second-order valence-corrected chi connectivity index (χ2v) is 5.90. The van der Waals surface area contributed by atoms with Gasteiger partial charge in [-0.05, 0) is 42.7 Å². The molecule has 2 aromatic rings. The quantitative estimate of drug-likeness (QED) is 0.547. The highest BCUT2D eigenvalue weighted by molar-refractivity contribution is 6.31. The summed E-state index contributed by atoms with van der Waals surface area (Å²) in [5.74, 6) is 2.11. The predicted molar refractivity (Wildman–Crippen MR) is 105 cm³/mol. The van der Waals surface area contributed by atoms with Crippen LogP contribution in [0.3, 0.4) is 0 Å². The van der Waals surface area contributed by atoms with Crippen LogP contribution in [-0.4, -0.2) is 38.3 Å². The number of guanidine groups is 1. The van der Waals surface area contributed by atoms with Crippen molar-refractivity contribution in [2.24, 2.45) is 4.99 Å². The number of hydrogen-bond donors (Lipinski definition) is 2. The summed E-state index contributed by atoms with van der Waals surface area (Å²) >= 11 is 6.27. The van der Waals surface area contributed by atoms with Gasteiger partial charge in [0.2, 0.25) is 5.88 Å². The summed E-state index contributed by atoms with van der Waals surface area (Å²) in [6.07, 6.45) is 2.52. The Morgan fingerprint density at radius 3 is 2.77 bits per heavy atom. The van der Waals surface area contributed by atoms with Gasteiger partial charge in [0.05, 0.1) is 13.7 Å². The van der Waals surface area contributed by atoms with Gasteiger partial charge in [-0.25, -0.2) is 4.98 Å². The highest BCUT2D eigenvalue weighted by Crippen LogP contribution is 2.22. The molecule has 0 spiro atoms. The summed E-state index contributed by atoms with van der Waals surface area (Å²) in [5.41, 5.74) is 2.13. The third-order valence-electron chi connectivity index (χ3n) is 3.72. The van der Waals surface area contributed by atoms with E-state index in [4.69, 9.17) is 21.1 Å². The van der Waals surface area contributed by atoms with Gasteiger partial charge in [0.25, 0.3) is 0 Å². The maximum absolute atomic E-state index is 6.27. The van der Waals surface area contributed by atoms with Crippen LogP contribution in [-0.2, 0) is 13.0 Å². The van der Waals surface area contributed by atoms with Crippen LogP contribution in [0.15, 0.2) is 41.5 Å². The summed E-state index contributed by atoms with van der Waals surface area (Å²) in [6, 6.07) is 9.57. The normalized spacial score (nSPS) is 11.2. The Morgan fingerprint density at radius 2 is 2.08 bits per heavy atom. The van der Waals surface area contributed by atoms with Gasteiger partial charge in [0.1, 0.15) is 5.75 Å². The van der Waals surface area contributed by atoms with Crippen LogP contribution in [0.25, 0.3) is 0 Å². The van der Waals surface area contributed by atoms with Crippen LogP contribution in [0.1, 0.15) is 18.1 Å². The van der Waals surface area contributed by atoms with Crippen molar-refractivity contribution in [3.05, 3.63) is 52.7 Å². The average molecular weight is 377 g/mol. The van der Waals surface area contributed by atoms with Crippen molar-refractivity contribution in [2.45, 2.75) is 19.9 Å². The lowest BCUT2D eigenvalue weighted by atomic mass is 10.1. The fourth-order valence-corrected chi connectivity index (χ4v) is 2.63. The Hall–Kier alpha value is -2.47. The summed E-state index contributed by atoms with van der Waals surface area (Å²) in [4.78, 5) is 8.40. The third-order valence-corrected chi connectivity index (χ3v) is 4.07. The zero-order valence-corrected chi connectivity index (χ0v) is 16.1. The van der Waals surface area contributed by atoms with Crippen molar-refractivity contribution in [1.82, 2.24) is 15.6 Å². The number of hydrogen-bond acceptors (Lipinski definition) is 4. The zero-order valence-electron chi connectivity index (χ0n) is 15.4. The number of pyridine rings is 1. The predicted octanol–water partition coefficient (Wildman–Crippen LogP) is 3.05. The van der Waals surface area contributed by atoms with E-state index in [1.165, 1.54) is 0 Å². The molecular weight excluding hydrogens is 352 g/mol. The SMILES string of the molecule is CCOc1cc(CNC(=NC)NCCc2ccc(OC)cc2Cl)ccn1. The van der Waals surface area contributed by atoms with Crippen molar-refractivity contribution >= 4 is 17.6 Å². The van der Waals surface area contributed by atoms with Crippen molar-refractivity contribution in [3.63, 3.8) is 0 Å². The number of ether oxygens (including phenoxy) is 2. The van der Waals surface area contributed by atoms with Gasteiger partial charge in [0.15, 0.2) is 5.96 Å². The number of benzene rings is 1. The van der Waals surface area contributed by atoms with Crippen molar-refractivity contribution < 1.29 is 9.47 Å². The smallest absolute Gasteiger partial charge is 0.213 e. The molecule has 0 atom stereocenters. The molecule has 26 heavy (non-hydrogen) atoms. The lowest BCUT2D eigenvalue weighted by molar-refractivity contribution is 0.326. The van der Waals surface area contributed by atoms with Gasteiger partial charge >= 0.3 is 0 Å². The molecule has 0 aliphatic carbocycles. The van der Waals surface area contributed by atoms with Crippen LogP contribution in [0.2, 0.25) is 5.02 Å². The molecule has 0 saturated carbocycles. The summed E-state index contributed by atoms with van der Waals surface area (Å²) in [5, 5.41) is 7.27. The molecule has 6 nitrogen and oxygen atoms in total. The summed E-state index contributed by atoms with van der Waals surface area (Å²) in [7, 11) is 3.37. The van der Waals surface area contributed by atoms with Gasteiger partial charge in [-0.15, -0.1) is 0 Å². The Kier molecular flexibility index (Phi) is 8.02. The summed E-state index contributed by atoms with van der Waals surface area (Å²) < 4.78 is 10.6. The monoisotopic (exact) mass is 376 g/mol. The lowest BCUT2D eigenvalue weighted by Crippen LogP contribution is -2.37. The van der Waals surface area contributed by atoms with Crippen LogP contribution < -0.4 is 20.1 Å².